The van der Waals surface area contributed by atoms with Crippen LogP contribution in [0.25, 0.3) is 0 Å². The Kier molecular flexibility index (Phi) is 5.55. The van der Waals surface area contributed by atoms with E-state index in [9.17, 15) is 4.79 Å². The van der Waals surface area contributed by atoms with Gasteiger partial charge in [-0.15, -0.1) is 0 Å². The van der Waals surface area contributed by atoms with Gasteiger partial charge < -0.3 is 20.5 Å². The zero-order valence-electron chi connectivity index (χ0n) is 10.0. The molecule has 1 rings (SSSR count). The molecule has 3 atom stereocenters. The molecule has 16 heavy (non-hydrogen) atoms. The fraction of sp³-hybridized carbons (Fsp3) is 0.909. The molecule has 3 unspecified atom stereocenters. The second kappa shape index (κ2) is 6.70. The summed E-state index contributed by atoms with van der Waals surface area (Å²) in [6, 6.07) is -0.0167. The summed E-state index contributed by atoms with van der Waals surface area (Å²) in [4.78, 5) is 11.6. The summed E-state index contributed by atoms with van der Waals surface area (Å²) in [6.45, 7) is 4.76. The highest BCUT2D eigenvalue weighted by Crippen LogP contribution is 2.12. The number of aliphatic hydroxyl groups is 1. The molecule has 0 saturated carbocycles. The Balaban J connectivity index is 2.28. The molecular weight excluding hydrogens is 208 g/mol. The van der Waals surface area contributed by atoms with E-state index < -0.39 is 0 Å². The molecule has 1 heterocycles. The van der Waals surface area contributed by atoms with Crippen molar-refractivity contribution in [1.82, 2.24) is 10.6 Å². The third-order valence-electron chi connectivity index (χ3n) is 3.00. The van der Waals surface area contributed by atoms with Crippen LogP contribution in [-0.4, -0.2) is 42.5 Å². The maximum atomic E-state index is 11.6. The summed E-state index contributed by atoms with van der Waals surface area (Å²) in [5, 5.41) is 14.6. The number of aliphatic hydroxyl groups excluding tert-OH is 1. The molecule has 0 aromatic carbocycles. The molecule has 1 aliphatic rings. The Hall–Kier alpha value is -0.810. The number of amides is 2. The van der Waals surface area contributed by atoms with E-state index in [4.69, 9.17) is 9.84 Å². The fourth-order valence-electron chi connectivity index (χ4n) is 1.85. The zero-order chi connectivity index (χ0) is 12.0. The monoisotopic (exact) mass is 230 g/mol. The van der Waals surface area contributed by atoms with Crippen LogP contribution in [0.1, 0.15) is 33.1 Å². The average Bonchev–Trinajstić information content (AvgIpc) is 2.64. The van der Waals surface area contributed by atoms with Crippen LogP contribution in [0, 0.1) is 0 Å². The van der Waals surface area contributed by atoms with E-state index in [1.54, 1.807) is 0 Å². The number of rotatable bonds is 5. The number of ether oxygens (including phenoxy) is 1. The van der Waals surface area contributed by atoms with E-state index in [1.165, 1.54) is 0 Å². The van der Waals surface area contributed by atoms with Gasteiger partial charge in [-0.25, -0.2) is 4.79 Å². The number of urea groups is 1. The molecule has 0 aromatic heterocycles. The minimum absolute atomic E-state index is 0.0441. The Bertz CT molecular complexity index is 223. The normalized spacial score (nSPS) is 26.4. The van der Waals surface area contributed by atoms with Crippen molar-refractivity contribution in [3.05, 3.63) is 0 Å². The summed E-state index contributed by atoms with van der Waals surface area (Å²) in [5.74, 6) is 0. The summed E-state index contributed by atoms with van der Waals surface area (Å²) >= 11 is 0. The third-order valence-corrected chi connectivity index (χ3v) is 3.00. The molecule has 0 bridgehead atoms. The van der Waals surface area contributed by atoms with Crippen LogP contribution in [0.15, 0.2) is 0 Å². The van der Waals surface area contributed by atoms with E-state index >= 15 is 0 Å². The van der Waals surface area contributed by atoms with Crippen molar-refractivity contribution >= 4 is 6.03 Å². The third kappa shape index (κ3) is 3.98. The van der Waals surface area contributed by atoms with E-state index in [-0.39, 0.29) is 30.8 Å². The fourth-order valence-corrected chi connectivity index (χ4v) is 1.85. The minimum atomic E-state index is -0.164. The lowest BCUT2D eigenvalue weighted by molar-refractivity contribution is 0.114. The van der Waals surface area contributed by atoms with Gasteiger partial charge in [0.15, 0.2) is 0 Å². The lowest BCUT2D eigenvalue weighted by Crippen LogP contribution is -2.48. The van der Waals surface area contributed by atoms with Crippen molar-refractivity contribution in [1.29, 1.82) is 0 Å². The van der Waals surface area contributed by atoms with Crippen molar-refractivity contribution in [2.24, 2.45) is 0 Å². The smallest absolute Gasteiger partial charge is 0.315 e. The van der Waals surface area contributed by atoms with Gasteiger partial charge in [-0.3, -0.25) is 0 Å². The molecule has 1 saturated heterocycles. The van der Waals surface area contributed by atoms with Gasteiger partial charge in [0, 0.05) is 19.3 Å². The van der Waals surface area contributed by atoms with Crippen LogP contribution in [0.5, 0.6) is 0 Å². The number of hydrogen-bond donors (Lipinski definition) is 3. The summed E-state index contributed by atoms with van der Waals surface area (Å²) in [6.07, 6.45) is 2.38. The van der Waals surface area contributed by atoms with Crippen molar-refractivity contribution in [3.8, 4) is 0 Å². The molecular formula is C11H22N2O3. The molecule has 5 nitrogen and oxygen atoms in total. The highest BCUT2D eigenvalue weighted by Gasteiger charge is 2.25. The number of carbonyl (C=O) groups is 1. The van der Waals surface area contributed by atoms with Gasteiger partial charge >= 0.3 is 6.03 Å². The summed E-state index contributed by atoms with van der Waals surface area (Å²) < 4.78 is 5.36. The van der Waals surface area contributed by atoms with Crippen LogP contribution < -0.4 is 10.6 Å². The van der Waals surface area contributed by atoms with Crippen LogP contribution in [-0.2, 0) is 4.74 Å². The topological polar surface area (TPSA) is 70.6 Å². The maximum absolute atomic E-state index is 11.6. The average molecular weight is 230 g/mol. The van der Waals surface area contributed by atoms with Crippen molar-refractivity contribution in [2.45, 2.75) is 51.3 Å². The van der Waals surface area contributed by atoms with Gasteiger partial charge in [-0.1, -0.05) is 6.92 Å². The molecule has 0 aromatic rings. The molecule has 94 valence electrons. The van der Waals surface area contributed by atoms with Crippen molar-refractivity contribution in [2.75, 3.05) is 13.2 Å². The second-order valence-corrected chi connectivity index (χ2v) is 4.21. The summed E-state index contributed by atoms with van der Waals surface area (Å²) in [7, 11) is 0. The first kappa shape index (κ1) is 13.3. The molecule has 5 heteroatoms. The van der Waals surface area contributed by atoms with Crippen molar-refractivity contribution in [3.63, 3.8) is 0 Å². The Morgan fingerprint density at radius 3 is 2.88 bits per heavy atom. The first-order valence-electron chi connectivity index (χ1n) is 5.96. The van der Waals surface area contributed by atoms with Crippen LogP contribution in [0.4, 0.5) is 4.79 Å². The number of carbonyl (C=O) groups excluding carboxylic acids is 1. The molecule has 1 aliphatic heterocycles. The highest BCUT2D eigenvalue weighted by atomic mass is 16.5. The Morgan fingerprint density at radius 1 is 1.62 bits per heavy atom. The lowest BCUT2D eigenvalue weighted by atomic mass is 10.1. The molecule has 0 spiro atoms. The van der Waals surface area contributed by atoms with Gasteiger partial charge in [0.1, 0.15) is 0 Å². The van der Waals surface area contributed by atoms with Gasteiger partial charge in [0.25, 0.3) is 0 Å². The van der Waals surface area contributed by atoms with Crippen LogP contribution in [0.2, 0.25) is 0 Å². The predicted octanol–water partition coefficient (Wildman–Crippen LogP) is 0.624. The van der Waals surface area contributed by atoms with E-state index in [2.05, 4.69) is 10.6 Å². The largest absolute Gasteiger partial charge is 0.396 e. The number of nitrogens with one attached hydrogen (secondary N) is 2. The van der Waals surface area contributed by atoms with Gasteiger partial charge in [-0.2, -0.15) is 0 Å². The molecule has 3 N–H and O–H groups in total. The van der Waals surface area contributed by atoms with E-state index in [1.807, 2.05) is 13.8 Å². The van der Waals surface area contributed by atoms with Gasteiger partial charge in [0.2, 0.25) is 0 Å². The van der Waals surface area contributed by atoms with Gasteiger partial charge in [0.05, 0.1) is 12.1 Å². The molecule has 1 fully saturated rings. The SMILES string of the molecule is CCC(CCO)NC(=O)NC1CCOC1C. The lowest BCUT2D eigenvalue weighted by Gasteiger charge is -2.20. The number of hydrogen-bond acceptors (Lipinski definition) is 3. The highest BCUT2D eigenvalue weighted by molar-refractivity contribution is 5.74. The summed E-state index contributed by atoms with van der Waals surface area (Å²) in [5.41, 5.74) is 0. The quantitative estimate of drug-likeness (QED) is 0.648. The Morgan fingerprint density at radius 2 is 2.38 bits per heavy atom. The van der Waals surface area contributed by atoms with E-state index in [0.717, 1.165) is 12.8 Å². The molecule has 2 amide bonds. The predicted molar refractivity (Wildman–Crippen MR) is 61.3 cm³/mol. The standard InChI is InChI=1S/C11H22N2O3/c1-3-9(4-6-14)12-11(15)13-10-5-7-16-8(10)2/h8-10,14H,3-7H2,1-2H3,(H2,12,13,15). The second-order valence-electron chi connectivity index (χ2n) is 4.21. The maximum Gasteiger partial charge on any atom is 0.315 e. The van der Waals surface area contributed by atoms with Crippen molar-refractivity contribution < 1.29 is 14.6 Å². The van der Waals surface area contributed by atoms with E-state index in [0.29, 0.717) is 13.0 Å². The first-order valence-corrected chi connectivity index (χ1v) is 5.96. The van der Waals surface area contributed by atoms with Gasteiger partial charge in [-0.05, 0) is 26.2 Å². The minimum Gasteiger partial charge on any atom is -0.396 e. The molecule has 0 aliphatic carbocycles. The zero-order valence-corrected chi connectivity index (χ0v) is 10.0. The first-order chi connectivity index (χ1) is 7.67. The molecule has 0 radical (unpaired) electrons. The van der Waals surface area contributed by atoms with Crippen LogP contribution in [0.3, 0.4) is 0 Å². The Labute approximate surface area is 96.6 Å². The van der Waals surface area contributed by atoms with Crippen LogP contribution >= 0.6 is 0 Å².